The van der Waals surface area contributed by atoms with Crippen LogP contribution in [-0.2, 0) is 32.6 Å². The van der Waals surface area contributed by atoms with Crippen molar-refractivity contribution < 1.29 is 4.18 Å². The van der Waals surface area contributed by atoms with Crippen LogP contribution in [0.3, 0.4) is 0 Å². The van der Waals surface area contributed by atoms with Gasteiger partial charge in [-0.25, -0.2) is 4.72 Å². The lowest BCUT2D eigenvalue weighted by atomic mass is 9.96. The average molecular weight is 516 g/mol. The van der Waals surface area contributed by atoms with E-state index in [1.165, 1.54) is 72.2 Å². The smallest absolute Gasteiger partial charge is 0.143 e. The molecule has 3 aromatic carbocycles. The minimum Gasteiger partial charge on any atom is -0.410 e. The SMILES string of the molecule is CCN(Cc1ccccc1)Cc1ccc(CN2CCc3ccc(OSNC4CCCCC4)cc3C2)cc1. The van der Waals surface area contributed by atoms with E-state index in [1.807, 2.05) is 0 Å². The lowest BCUT2D eigenvalue weighted by Gasteiger charge is -2.29. The molecule has 0 saturated heterocycles. The summed E-state index contributed by atoms with van der Waals surface area (Å²) in [4.78, 5) is 5.05. The maximum atomic E-state index is 6.00. The molecule has 1 saturated carbocycles. The van der Waals surface area contributed by atoms with Gasteiger partial charge in [-0.3, -0.25) is 9.80 Å². The highest BCUT2D eigenvalue weighted by atomic mass is 32.2. The van der Waals surface area contributed by atoms with Crippen LogP contribution < -0.4 is 8.91 Å². The normalized spacial score (nSPS) is 16.6. The molecule has 0 spiro atoms. The molecular weight excluding hydrogens is 474 g/mol. The van der Waals surface area contributed by atoms with E-state index in [0.717, 1.165) is 51.4 Å². The number of nitrogens with zero attached hydrogens (tertiary/aromatic N) is 2. The van der Waals surface area contributed by atoms with Gasteiger partial charge in [0.2, 0.25) is 0 Å². The van der Waals surface area contributed by atoms with Crippen LogP contribution in [0.2, 0.25) is 0 Å². The summed E-state index contributed by atoms with van der Waals surface area (Å²) in [7, 11) is 0. The topological polar surface area (TPSA) is 27.7 Å². The molecule has 5 rings (SSSR count). The van der Waals surface area contributed by atoms with Crippen LogP contribution in [0.15, 0.2) is 72.8 Å². The number of benzene rings is 3. The third-order valence-electron chi connectivity index (χ3n) is 7.76. The molecule has 3 aromatic rings. The summed E-state index contributed by atoms with van der Waals surface area (Å²) in [5.74, 6) is 0.953. The van der Waals surface area contributed by atoms with Crippen molar-refractivity contribution in [1.29, 1.82) is 0 Å². The third-order valence-corrected chi connectivity index (χ3v) is 8.46. The number of rotatable bonds is 11. The molecule has 2 aliphatic rings. The summed E-state index contributed by atoms with van der Waals surface area (Å²) >= 11 is 1.41. The van der Waals surface area contributed by atoms with E-state index in [4.69, 9.17) is 4.18 Å². The van der Waals surface area contributed by atoms with Crippen molar-refractivity contribution in [3.63, 3.8) is 0 Å². The molecule has 1 fully saturated rings. The van der Waals surface area contributed by atoms with Gasteiger partial charge in [0.15, 0.2) is 0 Å². The molecule has 1 aliphatic heterocycles. The Balaban J connectivity index is 1.11. The zero-order valence-electron chi connectivity index (χ0n) is 22.2. The maximum Gasteiger partial charge on any atom is 0.143 e. The Morgan fingerprint density at radius 1 is 0.865 bits per heavy atom. The zero-order chi connectivity index (χ0) is 25.3. The second-order valence-electron chi connectivity index (χ2n) is 10.6. The molecule has 1 aliphatic carbocycles. The number of fused-ring (bicyclic) bond motifs is 1. The van der Waals surface area contributed by atoms with Crippen molar-refractivity contribution >= 4 is 12.2 Å². The average Bonchev–Trinajstić information content (AvgIpc) is 2.95. The van der Waals surface area contributed by atoms with Crippen molar-refractivity contribution in [2.24, 2.45) is 0 Å². The van der Waals surface area contributed by atoms with Crippen molar-refractivity contribution in [3.8, 4) is 5.75 Å². The molecule has 0 aromatic heterocycles. The first kappa shape index (κ1) is 26.3. The fourth-order valence-corrected chi connectivity index (χ4v) is 6.15. The molecule has 0 unspecified atom stereocenters. The van der Waals surface area contributed by atoms with E-state index in [0.29, 0.717) is 6.04 Å². The predicted molar refractivity (Wildman–Crippen MR) is 155 cm³/mol. The Bertz CT molecular complexity index is 1100. The van der Waals surface area contributed by atoms with Gasteiger partial charge in [-0.15, -0.1) is 0 Å². The van der Waals surface area contributed by atoms with Gasteiger partial charge in [-0.2, -0.15) is 0 Å². The van der Waals surface area contributed by atoms with E-state index >= 15 is 0 Å². The molecule has 4 nitrogen and oxygen atoms in total. The summed E-state index contributed by atoms with van der Waals surface area (Å²) < 4.78 is 9.51. The van der Waals surface area contributed by atoms with Crippen molar-refractivity contribution in [1.82, 2.24) is 14.5 Å². The van der Waals surface area contributed by atoms with Crippen LogP contribution in [0, 0.1) is 0 Å². The fraction of sp³-hybridized carbons (Fsp3) is 0.438. The van der Waals surface area contributed by atoms with Gasteiger partial charge >= 0.3 is 0 Å². The zero-order valence-corrected chi connectivity index (χ0v) is 23.0. The van der Waals surface area contributed by atoms with Gasteiger partial charge in [0.1, 0.15) is 18.0 Å². The van der Waals surface area contributed by atoms with Crippen LogP contribution in [0.4, 0.5) is 0 Å². The molecule has 0 atom stereocenters. The molecule has 0 amide bonds. The summed E-state index contributed by atoms with van der Waals surface area (Å²) in [6.45, 7) is 8.35. The van der Waals surface area contributed by atoms with E-state index in [9.17, 15) is 0 Å². The van der Waals surface area contributed by atoms with Crippen molar-refractivity contribution in [2.75, 3.05) is 13.1 Å². The third kappa shape index (κ3) is 7.84. The first-order valence-corrected chi connectivity index (χ1v) is 14.8. The molecule has 0 bridgehead atoms. The van der Waals surface area contributed by atoms with Crippen molar-refractivity contribution in [3.05, 3.63) is 101 Å². The molecule has 196 valence electrons. The summed E-state index contributed by atoms with van der Waals surface area (Å²) in [6.07, 6.45) is 7.68. The summed E-state index contributed by atoms with van der Waals surface area (Å²) in [5, 5.41) is 0. The quantitative estimate of drug-likeness (QED) is 0.217. The Morgan fingerprint density at radius 3 is 2.35 bits per heavy atom. The minimum atomic E-state index is 0.590. The standard InChI is InChI=1S/C32H41N3OS/c1-2-34(22-26-9-5-3-6-10-26)23-27-13-15-28(16-14-27)24-35-20-19-29-17-18-32(21-30(29)25-35)36-37-33-31-11-7-4-8-12-31/h3,5-6,9-10,13-18,21,31,33H,2,4,7-8,11-12,19-20,22-25H2,1H3. The van der Waals surface area contributed by atoms with E-state index in [-0.39, 0.29) is 0 Å². The van der Waals surface area contributed by atoms with Crippen LogP contribution in [0.5, 0.6) is 5.75 Å². The van der Waals surface area contributed by atoms with Gasteiger partial charge in [0.25, 0.3) is 0 Å². The second kappa shape index (κ2) is 13.5. The molecule has 1 heterocycles. The lowest BCUT2D eigenvalue weighted by molar-refractivity contribution is 0.245. The van der Waals surface area contributed by atoms with E-state index in [2.05, 4.69) is 94.2 Å². The van der Waals surface area contributed by atoms with Crippen LogP contribution >= 0.6 is 12.2 Å². The first-order valence-electron chi connectivity index (χ1n) is 14.0. The lowest BCUT2D eigenvalue weighted by Crippen LogP contribution is -2.30. The molecular formula is C32H41N3OS. The van der Waals surface area contributed by atoms with Gasteiger partial charge < -0.3 is 4.18 Å². The Kier molecular flexibility index (Phi) is 9.58. The highest BCUT2D eigenvalue weighted by Crippen LogP contribution is 2.27. The molecule has 1 N–H and O–H groups in total. The fourth-order valence-electron chi connectivity index (χ4n) is 5.53. The van der Waals surface area contributed by atoms with E-state index in [1.54, 1.807) is 0 Å². The summed E-state index contributed by atoms with van der Waals surface area (Å²) in [5.41, 5.74) is 7.00. The van der Waals surface area contributed by atoms with Crippen LogP contribution in [0.1, 0.15) is 66.8 Å². The van der Waals surface area contributed by atoms with Crippen molar-refractivity contribution in [2.45, 2.75) is 77.7 Å². The Morgan fingerprint density at radius 2 is 1.59 bits per heavy atom. The molecule has 37 heavy (non-hydrogen) atoms. The van der Waals surface area contributed by atoms with Gasteiger partial charge in [-0.1, -0.05) is 86.8 Å². The molecule has 0 radical (unpaired) electrons. The second-order valence-corrected chi connectivity index (χ2v) is 11.2. The maximum absolute atomic E-state index is 6.00. The Labute approximate surface area is 227 Å². The number of hydrogen-bond acceptors (Lipinski definition) is 5. The number of nitrogens with one attached hydrogen (secondary N) is 1. The minimum absolute atomic E-state index is 0.590. The highest BCUT2D eigenvalue weighted by Gasteiger charge is 2.18. The van der Waals surface area contributed by atoms with Crippen LogP contribution in [0.25, 0.3) is 0 Å². The Hall–Kier alpha value is -2.31. The first-order chi connectivity index (χ1) is 18.2. The monoisotopic (exact) mass is 515 g/mol. The van der Waals surface area contributed by atoms with Gasteiger partial charge in [0, 0.05) is 38.8 Å². The largest absolute Gasteiger partial charge is 0.410 e. The predicted octanol–water partition coefficient (Wildman–Crippen LogP) is 7.13. The van der Waals surface area contributed by atoms with Gasteiger partial charge in [0.05, 0.1) is 0 Å². The van der Waals surface area contributed by atoms with Crippen LogP contribution in [-0.4, -0.2) is 28.9 Å². The van der Waals surface area contributed by atoms with Gasteiger partial charge in [-0.05, 0) is 65.8 Å². The highest BCUT2D eigenvalue weighted by molar-refractivity contribution is 7.93. The number of hydrogen-bond donors (Lipinski definition) is 1. The van der Waals surface area contributed by atoms with E-state index < -0.39 is 0 Å². The summed E-state index contributed by atoms with van der Waals surface area (Å²) in [6, 6.07) is 27.2. The molecule has 5 heteroatoms.